The van der Waals surface area contributed by atoms with Crippen LogP contribution in [0.25, 0.3) is 0 Å². The summed E-state index contributed by atoms with van der Waals surface area (Å²) in [7, 11) is 0. The summed E-state index contributed by atoms with van der Waals surface area (Å²) >= 11 is 1.61. The minimum atomic E-state index is -0.184. The molecule has 2 N–H and O–H groups in total. The second-order valence-electron chi connectivity index (χ2n) is 5.24. The summed E-state index contributed by atoms with van der Waals surface area (Å²) in [6.07, 6.45) is 3.53. The molecule has 0 radical (unpaired) electrons. The van der Waals surface area contributed by atoms with E-state index < -0.39 is 0 Å². The fourth-order valence-corrected chi connectivity index (χ4v) is 3.79. The summed E-state index contributed by atoms with van der Waals surface area (Å²) in [6, 6.07) is 13.3. The van der Waals surface area contributed by atoms with E-state index in [9.17, 15) is 4.39 Å². The number of rotatable bonds is 3. The number of benzene rings is 2. The van der Waals surface area contributed by atoms with Gasteiger partial charge in [-0.05, 0) is 73.2 Å². The maximum Gasteiger partial charge on any atom is 0.124 e. The molecule has 104 valence electrons. The van der Waals surface area contributed by atoms with Crippen LogP contribution in [0, 0.1) is 5.82 Å². The molecular formula is C17H18FNS. The van der Waals surface area contributed by atoms with Crippen molar-refractivity contribution in [3.05, 3.63) is 59.4 Å². The number of halogens is 1. The molecule has 0 aromatic heterocycles. The molecule has 0 spiro atoms. The van der Waals surface area contributed by atoms with Gasteiger partial charge in [-0.3, -0.25) is 0 Å². The molecular weight excluding hydrogens is 269 g/mol. The van der Waals surface area contributed by atoms with E-state index in [4.69, 9.17) is 5.73 Å². The molecule has 1 aliphatic rings. The topological polar surface area (TPSA) is 26.0 Å². The summed E-state index contributed by atoms with van der Waals surface area (Å²) in [5, 5.41) is 0. The van der Waals surface area contributed by atoms with Gasteiger partial charge in [-0.2, -0.15) is 0 Å². The van der Waals surface area contributed by atoms with Gasteiger partial charge in [0.15, 0.2) is 0 Å². The van der Waals surface area contributed by atoms with Gasteiger partial charge in [-0.15, -0.1) is 0 Å². The molecule has 1 nitrogen and oxygen atoms in total. The summed E-state index contributed by atoms with van der Waals surface area (Å²) in [4.78, 5) is 2.11. The smallest absolute Gasteiger partial charge is 0.124 e. The van der Waals surface area contributed by atoms with Crippen LogP contribution in [0.5, 0.6) is 0 Å². The van der Waals surface area contributed by atoms with Crippen molar-refractivity contribution in [3.63, 3.8) is 0 Å². The number of fused-ring (bicyclic) bond motifs is 1. The van der Waals surface area contributed by atoms with E-state index in [0.717, 1.165) is 17.9 Å². The summed E-state index contributed by atoms with van der Waals surface area (Å²) in [6.45, 7) is 0.726. The number of hydrogen-bond donors (Lipinski definition) is 1. The molecule has 2 aromatic rings. The first-order chi connectivity index (χ1) is 9.76. The van der Waals surface area contributed by atoms with Crippen LogP contribution in [0.4, 0.5) is 4.39 Å². The van der Waals surface area contributed by atoms with Gasteiger partial charge in [0.05, 0.1) is 0 Å². The van der Waals surface area contributed by atoms with Crippen LogP contribution >= 0.6 is 11.8 Å². The van der Waals surface area contributed by atoms with Crippen molar-refractivity contribution >= 4 is 11.8 Å². The van der Waals surface area contributed by atoms with Crippen molar-refractivity contribution in [2.45, 2.75) is 35.0 Å². The fourth-order valence-electron chi connectivity index (χ4n) is 2.87. The molecule has 1 aliphatic carbocycles. The summed E-state index contributed by atoms with van der Waals surface area (Å²) in [5.74, 6) is 0.322. The lowest BCUT2D eigenvalue weighted by Crippen LogP contribution is -2.18. The predicted octanol–water partition coefficient (Wildman–Crippen LogP) is 4.36. The molecule has 3 rings (SSSR count). The zero-order chi connectivity index (χ0) is 13.9. The third kappa shape index (κ3) is 2.89. The number of nitrogens with two attached hydrogens (primary N) is 1. The molecule has 1 unspecified atom stereocenters. The lowest BCUT2D eigenvalue weighted by atomic mass is 9.83. The number of hydrogen-bond acceptors (Lipinski definition) is 2. The van der Waals surface area contributed by atoms with E-state index in [0.29, 0.717) is 5.92 Å². The highest BCUT2D eigenvalue weighted by molar-refractivity contribution is 7.99. The molecule has 20 heavy (non-hydrogen) atoms. The van der Waals surface area contributed by atoms with Crippen molar-refractivity contribution in [3.8, 4) is 0 Å². The van der Waals surface area contributed by atoms with Crippen molar-refractivity contribution < 1.29 is 4.39 Å². The predicted molar refractivity (Wildman–Crippen MR) is 81.7 cm³/mol. The zero-order valence-electron chi connectivity index (χ0n) is 11.3. The van der Waals surface area contributed by atoms with Crippen molar-refractivity contribution in [2.24, 2.45) is 5.73 Å². The monoisotopic (exact) mass is 287 g/mol. The van der Waals surface area contributed by atoms with Crippen molar-refractivity contribution in [1.29, 1.82) is 0 Å². The molecule has 0 aliphatic heterocycles. The van der Waals surface area contributed by atoms with Crippen LogP contribution in [-0.4, -0.2) is 6.54 Å². The Morgan fingerprint density at radius 1 is 1.15 bits per heavy atom. The molecule has 0 bridgehead atoms. The summed E-state index contributed by atoms with van der Waals surface area (Å²) < 4.78 is 13.2. The Morgan fingerprint density at radius 3 is 2.80 bits per heavy atom. The maximum atomic E-state index is 13.2. The van der Waals surface area contributed by atoms with E-state index in [1.807, 2.05) is 6.07 Å². The van der Waals surface area contributed by atoms with Gasteiger partial charge in [0.25, 0.3) is 0 Å². The molecule has 0 saturated carbocycles. The van der Waals surface area contributed by atoms with Crippen LogP contribution in [0.2, 0.25) is 0 Å². The average molecular weight is 287 g/mol. The second-order valence-corrected chi connectivity index (χ2v) is 6.39. The standard InChI is InChI=1S/C17H18FNS/c18-14-5-2-6-15(10-14)20-16-7-8-17-12(9-16)3-1-4-13(17)11-19/h2,5-10,13H,1,3-4,11,19H2. The highest BCUT2D eigenvalue weighted by atomic mass is 32.2. The van der Waals surface area contributed by atoms with E-state index in [1.165, 1.54) is 34.9 Å². The first-order valence-corrected chi connectivity index (χ1v) is 7.84. The average Bonchev–Trinajstić information content (AvgIpc) is 2.46. The minimum Gasteiger partial charge on any atom is -0.330 e. The Hall–Kier alpha value is -1.32. The maximum absolute atomic E-state index is 13.2. The van der Waals surface area contributed by atoms with Gasteiger partial charge < -0.3 is 5.73 Å². The van der Waals surface area contributed by atoms with Gasteiger partial charge in [-0.1, -0.05) is 23.9 Å². The lowest BCUT2D eigenvalue weighted by molar-refractivity contribution is 0.560. The van der Waals surface area contributed by atoms with Gasteiger partial charge in [0, 0.05) is 9.79 Å². The van der Waals surface area contributed by atoms with Crippen LogP contribution in [0.3, 0.4) is 0 Å². The van der Waals surface area contributed by atoms with Crippen LogP contribution in [-0.2, 0) is 6.42 Å². The van der Waals surface area contributed by atoms with Crippen LogP contribution < -0.4 is 5.73 Å². The Labute approximate surface area is 123 Å². The highest BCUT2D eigenvalue weighted by Gasteiger charge is 2.19. The van der Waals surface area contributed by atoms with Gasteiger partial charge in [0.2, 0.25) is 0 Å². The van der Waals surface area contributed by atoms with E-state index in [1.54, 1.807) is 23.9 Å². The molecule has 1 atom stereocenters. The van der Waals surface area contributed by atoms with Gasteiger partial charge in [0.1, 0.15) is 5.82 Å². The molecule has 0 amide bonds. The lowest BCUT2D eigenvalue weighted by Gasteiger charge is -2.24. The largest absolute Gasteiger partial charge is 0.330 e. The van der Waals surface area contributed by atoms with Crippen molar-refractivity contribution in [2.75, 3.05) is 6.54 Å². The van der Waals surface area contributed by atoms with E-state index >= 15 is 0 Å². The quantitative estimate of drug-likeness (QED) is 0.908. The third-order valence-electron chi connectivity index (χ3n) is 3.87. The first-order valence-electron chi connectivity index (χ1n) is 7.02. The molecule has 3 heteroatoms. The first kappa shape index (κ1) is 13.7. The Morgan fingerprint density at radius 2 is 2.00 bits per heavy atom. The number of aryl methyl sites for hydroxylation is 1. The van der Waals surface area contributed by atoms with Crippen LogP contribution in [0.1, 0.15) is 29.9 Å². The Balaban J connectivity index is 1.85. The minimum absolute atomic E-state index is 0.184. The molecule has 0 heterocycles. The molecule has 2 aromatic carbocycles. The normalized spacial score (nSPS) is 17.8. The van der Waals surface area contributed by atoms with Gasteiger partial charge >= 0.3 is 0 Å². The van der Waals surface area contributed by atoms with Gasteiger partial charge in [-0.25, -0.2) is 4.39 Å². The Kier molecular flexibility index (Phi) is 4.08. The zero-order valence-corrected chi connectivity index (χ0v) is 12.1. The van der Waals surface area contributed by atoms with Crippen LogP contribution in [0.15, 0.2) is 52.3 Å². The molecule has 0 fully saturated rings. The third-order valence-corrected chi connectivity index (χ3v) is 4.85. The van der Waals surface area contributed by atoms with E-state index in [-0.39, 0.29) is 5.82 Å². The van der Waals surface area contributed by atoms with E-state index in [2.05, 4.69) is 18.2 Å². The summed E-state index contributed by atoms with van der Waals surface area (Å²) in [5.41, 5.74) is 8.66. The SMILES string of the molecule is NCC1CCCc2cc(Sc3cccc(F)c3)ccc21. The fraction of sp³-hybridized carbons (Fsp3) is 0.294. The Bertz CT molecular complexity index is 612. The highest BCUT2D eigenvalue weighted by Crippen LogP contribution is 2.35. The molecule has 0 saturated heterocycles. The van der Waals surface area contributed by atoms with Crippen molar-refractivity contribution in [1.82, 2.24) is 0 Å². The second kappa shape index (κ2) is 5.98.